The first-order valence-electron chi connectivity index (χ1n) is 21.9. The van der Waals surface area contributed by atoms with Crippen LogP contribution in [0.3, 0.4) is 0 Å². The number of unbranched alkanes of at least 4 members (excludes halogenated alkanes) is 26. The van der Waals surface area contributed by atoms with Gasteiger partial charge in [-0.3, -0.25) is 14.4 Å². The summed E-state index contributed by atoms with van der Waals surface area (Å²) in [5.74, 6) is -0.113. The highest BCUT2D eigenvalue weighted by Crippen LogP contribution is 2.16. The second-order valence-electron chi connectivity index (χ2n) is 15.5. The number of rotatable bonds is 39. The zero-order valence-electron chi connectivity index (χ0n) is 33.9. The second-order valence-corrected chi connectivity index (χ2v) is 15.5. The first kappa shape index (κ1) is 48.4. The molecular formula is C44H84O6. The van der Waals surface area contributed by atoms with E-state index >= 15 is 0 Å². The molecule has 0 saturated heterocycles. The van der Waals surface area contributed by atoms with Gasteiger partial charge in [-0.1, -0.05) is 201 Å². The van der Waals surface area contributed by atoms with Crippen LogP contribution in [0.2, 0.25) is 0 Å². The van der Waals surface area contributed by atoms with Crippen molar-refractivity contribution in [3.05, 3.63) is 0 Å². The van der Waals surface area contributed by atoms with Gasteiger partial charge in [-0.2, -0.15) is 0 Å². The molecule has 0 aromatic carbocycles. The van der Waals surface area contributed by atoms with E-state index in [0.29, 0.717) is 19.3 Å². The average Bonchev–Trinajstić information content (AvgIpc) is 3.09. The van der Waals surface area contributed by atoms with E-state index in [2.05, 4.69) is 27.7 Å². The molecule has 0 unspecified atom stereocenters. The normalized spacial score (nSPS) is 11.9. The van der Waals surface area contributed by atoms with Crippen LogP contribution in [0.25, 0.3) is 0 Å². The Bertz CT molecular complexity index is 751. The van der Waals surface area contributed by atoms with Crippen LogP contribution in [-0.2, 0) is 28.6 Å². The molecule has 0 aliphatic rings. The van der Waals surface area contributed by atoms with E-state index in [-0.39, 0.29) is 31.1 Å². The van der Waals surface area contributed by atoms with Crippen molar-refractivity contribution in [3.63, 3.8) is 0 Å². The predicted molar refractivity (Wildman–Crippen MR) is 210 cm³/mol. The van der Waals surface area contributed by atoms with Crippen LogP contribution >= 0.6 is 0 Å². The van der Waals surface area contributed by atoms with Crippen LogP contribution in [0.5, 0.6) is 0 Å². The molecule has 50 heavy (non-hydrogen) atoms. The van der Waals surface area contributed by atoms with Crippen LogP contribution in [0, 0.1) is 5.92 Å². The molecule has 0 heterocycles. The second kappa shape index (κ2) is 38.6. The Morgan fingerprint density at radius 3 is 0.980 bits per heavy atom. The van der Waals surface area contributed by atoms with E-state index in [4.69, 9.17) is 14.2 Å². The molecule has 0 aromatic heterocycles. The van der Waals surface area contributed by atoms with Crippen molar-refractivity contribution in [1.82, 2.24) is 0 Å². The van der Waals surface area contributed by atoms with E-state index in [9.17, 15) is 14.4 Å². The summed E-state index contributed by atoms with van der Waals surface area (Å²) in [5, 5.41) is 0. The fraction of sp³-hybridized carbons (Fsp3) is 0.932. The fourth-order valence-corrected chi connectivity index (χ4v) is 6.45. The summed E-state index contributed by atoms with van der Waals surface area (Å²) < 4.78 is 16.5. The van der Waals surface area contributed by atoms with Gasteiger partial charge in [-0.25, -0.2) is 0 Å². The van der Waals surface area contributed by atoms with Gasteiger partial charge in [-0.05, 0) is 25.2 Å². The van der Waals surface area contributed by atoms with Crippen LogP contribution in [0.15, 0.2) is 0 Å². The van der Waals surface area contributed by atoms with Crippen molar-refractivity contribution in [3.8, 4) is 0 Å². The molecule has 296 valence electrons. The zero-order valence-corrected chi connectivity index (χ0v) is 33.9. The number of carbonyl (C=O) groups excluding carboxylic acids is 3. The Balaban J connectivity index is 4.08. The van der Waals surface area contributed by atoms with Crippen molar-refractivity contribution in [2.45, 2.75) is 246 Å². The molecule has 0 saturated carbocycles. The lowest BCUT2D eigenvalue weighted by molar-refractivity contribution is -0.167. The van der Waals surface area contributed by atoms with Crippen molar-refractivity contribution in [2.75, 3.05) is 13.2 Å². The molecule has 0 fully saturated rings. The van der Waals surface area contributed by atoms with Crippen LogP contribution in [-0.4, -0.2) is 37.2 Å². The molecule has 1 atom stereocenters. The highest BCUT2D eigenvalue weighted by molar-refractivity contribution is 5.71. The van der Waals surface area contributed by atoms with Gasteiger partial charge in [0.1, 0.15) is 13.2 Å². The van der Waals surface area contributed by atoms with E-state index in [0.717, 1.165) is 70.1 Å². The lowest BCUT2D eigenvalue weighted by Gasteiger charge is -2.18. The standard InChI is InChI=1S/C44H84O6/c1-5-7-9-11-12-13-14-15-16-17-18-19-20-21-22-23-28-31-35-42(45)48-38-41(50-44(47)37-33-26-10-8-6-2)39-49-43(46)36-32-29-25-24-27-30-34-40(3)4/h40-41H,5-39H2,1-4H3/t41-/m1/s1. The summed E-state index contributed by atoms with van der Waals surface area (Å²) in [6.07, 6.45) is 37.1. The summed E-state index contributed by atoms with van der Waals surface area (Å²) in [6, 6.07) is 0. The zero-order chi connectivity index (χ0) is 36.8. The largest absolute Gasteiger partial charge is 0.462 e. The van der Waals surface area contributed by atoms with Gasteiger partial charge in [0.15, 0.2) is 6.10 Å². The van der Waals surface area contributed by atoms with Crippen molar-refractivity contribution in [2.24, 2.45) is 5.92 Å². The molecule has 0 radical (unpaired) electrons. The monoisotopic (exact) mass is 709 g/mol. The molecule has 0 aromatic rings. The van der Waals surface area contributed by atoms with Gasteiger partial charge in [-0.15, -0.1) is 0 Å². The van der Waals surface area contributed by atoms with Crippen LogP contribution in [0.4, 0.5) is 0 Å². The van der Waals surface area contributed by atoms with Crippen LogP contribution < -0.4 is 0 Å². The minimum atomic E-state index is -0.757. The average molecular weight is 709 g/mol. The number of carbonyl (C=O) groups is 3. The van der Waals surface area contributed by atoms with Gasteiger partial charge < -0.3 is 14.2 Å². The number of ether oxygens (including phenoxy) is 3. The van der Waals surface area contributed by atoms with Crippen molar-refractivity contribution < 1.29 is 28.6 Å². The van der Waals surface area contributed by atoms with E-state index < -0.39 is 6.10 Å². The summed E-state index contributed by atoms with van der Waals surface area (Å²) in [7, 11) is 0. The minimum Gasteiger partial charge on any atom is -0.462 e. The van der Waals surface area contributed by atoms with Crippen molar-refractivity contribution in [1.29, 1.82) is 0 Å². The lowest BCUT2D eigenvalue weighted by Crippen LogP contribution is -2.30. The fourth-order valence-electron chi connectivity index (χ4n) is 6.45. The maximum atomic E-state index is 12.5. The molecule has 0 aliphatic heterocycles. The lowest BCUT2D eigenvalue weighted by atomic mass is 10.0. The molecule has 0 N–H and O–H groups in total. The van der Waals surface area contributed by atoms with Gasteiger partial charge in [0.05, 0.1) is 0 Å². The quantitative estimate of drug-likeness (QED) is 0.0359. The summed E-state index contributed by atoms with van der Waals surface area (Å²) >= 11 is 0. The van der Waals surface area contributed by atoms with E-state index in [1.165, 1.54) is 128 Å². The van der Waals surface area contributed by atoms with Gasteiger partial charge in [0.25, 0.3) is 0 Å². The third kappa shape index (κ3) is 37.7. The maximum Gasteiger partial charge on any atom is 0.306 e. The molecule has 0 rings (SSSR count). The van der Waals surface area contributed by atoms with Crippen molar-refractivity contribution >= 4 is 17.9 Å². The SMILES string of the molecule is CCCCCCCCCCCCCCCCCCCCC(=O)OC[C@H](COC(=O)CCCCCCCCC(C)C)OC(=O)CCCCCCC. The Hall–Kier alpha value is -1.59. The first-order valence-corrected chi connectivity index (χ1v) is 21.9. The predicted octanol–water partition coefficient (Wildman–Crippen LogP) is 13.6. The topological polar surface area (TPSA) is 78.9 Å². The Morgan fingerprint density at radius 2 is 0.660 bits per heavy atom. The number of esters is 3. The van der Waals surface area contributed by atoms with E-state index in [1.54, 1.807) is 0 Å². The molecule has 0 aliphatic carbocycles. The molecule has 0 amide bonds. The summed E-state index contributed by atoms with van der Waals surface area (Å²) in [5.41, 5.74) is 0. The third-order valence-electron chi connectivity index (χ3n) is 9.79. The minimum absolute atomic E-state index is 0.0664. The van der Waals surface area contributed by atoms with Gasteiger partial charge in [0, 0.05) is 19.3 Å². The molecule has 6 heteroatoms. The highest BCUT2D eigenvalue weighted by atomic mass is 16.6. The van der Waals surface area contributed by atoms with Gasteiger partial charge in [0.2, 0.25) is 0 Å². The Labute approximate surface area is 310 Å². The first-order chi connectivity index (χ1) is 24.4. The highest BCUT2D eigenvalue weighted by Gasteiger charge is 2.19. The van der Waals surface area contributed by atoms with E-state index in [1.807, 2.05) is 0 Å². The van der Waals surface area contributed by atoms with Gasteiger partial charge >= 0.3 is 17.9 Å². The Morgan fingerprint density at radius 1 is 0.380 bits per heavy atom. The summed E-state index contributed by atoms with van der Waals surface area (Å²) in [4.78, 5) is 37.3. The molecule has 0 bridgehead atoms. The maximum absolute atomic E-state index is 12.5. The summed E-state index contributed by atoms with van der Waals surface area (Å²) in [6.45, 7) is 8.84. The number of hydrogen-bond donors (Lipinski definition) is 0. The molecular weight excluding hydrogens is 624 g/mol. The number of hydrogen-bond acceptors (Lipinski definition) is 6. The Kier molecular flexibility index (Phi) is 37.4. The smallest absolute Gasteiger partial charge is 0.306 e. The molecule has 6 nitrogen and oxygen atoms in total. The third-order valence-corrected chi connectivity index (χ3v) is 9.79. The van der Waals surface area contributed by atoms with Crippen LogP contribution in [0.1, 0.15) is 240 Å². The molecule has 0 spiro atoms.